The van der Waals surface area contributed by atoms with Crippen molar-refractivity contribution in [2.45, 2.75) is 6.92 Å². The van der Waals surface area contributed by atoms with E-state index in [0.717, 1.165) is 0 Å². The van der Waals surface area contributed by atoms with Gasteiger partial charge in [-0.3, -0.25) is 14.9 Å². The molecule has 2 N–H and O–H groups in total. The molecule has 0 radical (unpaired) electrons. The summed E-state index contributed by atoms with van der Waals surface area (Å²) >= 11 is 5.83. The number of nitrogens with zero attached hydrogens (tertiary/aromatic N) is 1. The van der Waals surface area contributed by atoms with Crippen molar-refractivity contribution in [2.24, 2.45) is 0 Å². The maximum Gasteiger partial charge on any atom is 0.337 e. The van der Waals surface area contributed by atoms with Crippen LogP contribution < -0.4 is 5.32 Å². The molecular formula is C15H11ClN2O5. The average molecular weight is 335 g/mol. The Labute approximate surface area is 135 Å². The lowest BCUT2D eigenvalue weighted by atomic mass is 10.1. The van der Waals surface area contributed by atoms with Crippen molar-refractivity contribution in [3.63, 3.8) is 0 Å². The van der Waals surface area contributed by atoms with E-state index in [9.17, 15) is 19.7 Å². The van der Waals surface area contributed by atoms with Gasteiger partial charge >= 0.3 is 5.97 Å². The van der Waals surface area contributed by atoms with Crippen LogP contribution in [-0.2, 0) is 0 Å². The van der Waals surface area contributed by atoms with E-state index in [1.54, 1.807) is 0 Å². The molecular weight excluding hydrogens is 324 g/mol. The predicted molar refractivity (Wildman–Crippen MR) is 84.2 cm³/mol. The molecule has 0 heterocycles. The molecule has 0 saturated carbocycles. The molecule has 23 heavy (non-hydrogen) atoms. The normalized spacial score (nSPS) is 10.2. The number of nitrogens with one attached hydrogen (secondary N) is 1. The van der Waals surface area contributed by atoms with E-state index < -0.39 is 16.8 Å². The maximum atomic E-state index is 12.1. The minimum atomic E-state index is -1.17. The number of hydrogen-bond acceptors (Lipinski definition) is 4. The third-order valence-electron chi connectivity index (χ3n) is 3.11. The molecule has 0 aliphatic heterocycles. The summed E-state index contributed by atoms with van der Waals surface area (Å²) in [5.41, 5.74) is 0.778. The molecule has 0 spiro atoms. The third kappa shape index (κ3) is 3.64. The van der Waals surface area contributed by atoms with Gasteiger partial charge in [0.05, 0.1) is 15.5 Å². The molecule has 0 bridgehead atoms. The SMILES string of the molecule is Cc1cc(C(=O)Nc2ccc(C(=O)O)c(Cl)c2)ccc1[N+](=O)[O-]. The summed E-state index contributed by atoms with van der Waals surface area (Å²) in [7, 11) is 0. The first-order valence-electron chi connectivity index (χ1n) is 6.39. The molecule has 0 fully saturated rings. The van der Waals surface area contributed by atoms with Crippen LogP contribution in [0.5, 0.6) is 0 Å². The smallest absolute Gasteiger partial charge is 0.337 e. The summed E-state index contributed by atoms with van der Waals surface area (Å²) in [6, 6.07) is 8.01. The first-order valence-corrected chi connectivity index (χ1v) is 6.76. The van der Waals surface area contributed by atoms with Gasteiger partial charge in [0, 0.05) is 22.9 Å². The number of anilines is 1. The van der Waals surface area contributed by atoms with Gasteiger partial charge in [0.1, 0.15) is 0 Å². The largest absolute Gasteiger partial charge is 0.478 e. The van der Waals surface area contributed by atoms with E-state index in [2.05, 4.69) is 5.32 Å². The van der Waals surface area contributed by atoms with Crippen LogP contribution in [0.3, 0.4) is 0 Å². The molecule has 0 atom stereocenters. The van der Waals surface area contributed by atoms with Crippen LogP contribution in [0.15, 0.2) is 36.4 Å². The van der Waals surface area contributed by atoms with Crippen LogP contribution in [0.2, 0.25) is 5.02 Å². The first kappa shape index (κ1) is 16.4. The second kappa shape index (κ2) is 6.45. The second-order valence-corrected chi connectivity index (χ2v) is 5.12. The van der Waals surface area contributed by atoms with Crippen LogP contribution in [0, 0.1) is 17.0 Å². The number of amides is 1. The van der Waals surface area contributed by atoms with Crippen LogP contribution in [0.25, 0.3) is 0 Å². The average Bonchev–Trinajstić information content (AvgIpc) is 2.46. The fourth-order valence-corrected chi connectivity index (χ4v) is 2.23. The number of carbonyl (C=O) groups is 2. The first-order chi connectivity index (χ1) is 10.8. The summed E-state index contributed by atoms with van der Waals surface area (Å²) < 4.78 is 0. The monoisotopic (exact) mass is 334 g/mol. The molecule has 0 unspecified atom stereocenters. The van der Waals surface area contributed by atoms with Crippen molar-refractivity contribution in [3.05, 3.63) is 68.2 Å². The van der Waals surface area contributed by atoms with E-state index in [1.807, 2.05) is 0 Å². The van der Waals surface area contributed by atoms with Crippen molar-refractivity contribution >= 4 is 34.9 Å². The maximum absolute atomic E-state index is 12.1. The molecule has 8 heteroatoms. The van der Waals surface area contributed by atoms with Crippen LogP contribution >= 0.6 is 11.6 Å². The predicted octanol–water partition coefficient (Wildman–Crippen LogP) is 3.51. The van der Waals surface area contributed by atoms with Crippen LogP contribution in [0.4, 0.5) is 11.4 Å². The Balaban J connectivity index is 2.22. The van der Waals surface area contributed by atoms with E-state index in [0.29, 0.717) is 11.3 Å². The number of rotatable bonds is 4. The third-order valence-corrected chi connectivity index (χ3v) is 3.43. The van der Waals surface area contributed by atoms with Gasteiger partial charge in [-0.05, 0) is 37.3 Å². The lowest BCUT2D eigenvalue weighted by molar-refractivity contribution is -0.385. The number of halogens is 1. The molecule has 2 rings (SSSR count). The summed E-state index contributed by atoms with van der Waals surface area (Å²) in [4.78, 5) is 33.2. The molecule has 1 amide bonds. The van der Waals surface area contributed by atoms with Gasteiger partial charge in [-0.25, -0.2) is 4.79 Å². The number of aryl methyl sites for hydroxylation is 1. The lowest BCUT2D eigenvalue weighted by Crippen LogP contribution is -2.12. The van der Waals surface area contributed by atoms with Gasteiger partial charge in [0.15, 0.2) is 0 Å². The van der Waals surface area contributed by atoms with E-state index >= 15 is 0 Å². The molecule has 7 nitrogen and oxygen atoms in total. The molecule has 0 saturated heterocycles. The lowest BCUT2D eigenvalue weighted by Gasteiger charge is -2.08. The van der Waals surface area contributed by atoms with Gasteiger partial charge in [-0.2, -0.15) is 0 Å². The van der Waals surface area contributed by atoms with Gasteiger partial charge in [-0.15, -0.1) is 0 Å². The second-order valence-electron chi connectivity index (χ2n) is 4.71. The Kier molecular flexibility index (Phi) is 4.61. The molecule has 118 valence electrons. The Morgan fingerprint density at radius 3 is 2.43 bits per heavy atom. The van der Waals surface area contributed by atoms with Crippen molar-refractivity contribution in [2.75, 3.05) is 5.32 Å². The highest BCUT2D eigenvalue weighted by molar-refractivity contribution is 6.33. The summed E-state index contributed by atoms with van der Waals surface area (Å²) in [5, 5.41) is 22.2. The van der Waals surface area contributed by atoms with Gasteiger partial charge in [0.25, 0.3) is 11.6 Å². The van der Waals surface area contributed by atoms with Crippen LogP contribution in [0.1, 0.15) is 26.3 Å². The fourth-order valence-electron chi connectivity index (χ4n) is 1.97. The minimum absolute atomic E-state index is 0.00446. The van der Waals surface area contributed by atoms with Crippen molar-refractivity contribution < 1.29 is 19.6 Å². The molecule has 2 aromatic carbocycles. The molecule has 0 aromatic heterocycles. The Morgan fingerprint density at radius 1 is 1.22 bits per heavy atom. The highest BCUT2D eigenvalue weighted by Crippen LogP contribution is 2.23. The number of benzene rings is 2. The van der Waals surface area contributed by atoms with Gasteiger partial charge in [0.2, 0.25) is 0 Å². The highest BCUT2D eigenvalue weighted by Gasteiger charge is 2.15. The van der Waals surface area contributed by atoms with Crippen molar-refractivity contribution in [1.29, 1.82) is 0 Å². The number of nitro benzene ring substituents is 1. The summed E-state index contributed by atoms with van der Waals surface area (Å²) in [6.45, 7) is 1.54. The number of aromatic carboxylic acids is 1. The van der Waals surface area contributed by atoms with E-state index in [-0.39, 0.29) is 21.8 Å². The fraction of sp³-hybridized carbons (Fsp3) is 0.0667. The Morgan fingerprint density at radius 2 is 1.91 bits per heavy atom. The number of carboxylic acids is 1. The van der Waals surface area contributed by atoms with E-state index in [1.165, 1.54) is 43.3 Å². The molecule has 2 aromatic rings. The topological polar surface area (TPSA) is 110 Å². The zero-order valence-corrected chi connectivity index (χ0v) is 12.6. The van der Waals surface area contributed by atoms with Gasteiger partial charge < -0.3 is 10.4 Å². The number of hydrogen-bond donors (Lipinski definition) is 2. The molecule has 0 aliphatic carbocycles. The number of nitro groups is 1. The number of carbonyl (C=O) groups excluding carboxylic acids is 1. The zero-order chi connectivity index (χ0) is 17.1. The Bertz CT molecular complexity index is 820. The summed E-state index contributed by atoms with van der Waals surface area (Å²) in [6.07, 6.45) is 0. The van der Waals surface area contributed by atoms with Crippen molar-refractivity contribution in [1.82, 2.24) is 0 Å². The highest BCUT2D eigenvalue weighted by atomic mass is 35.5. The van der Waals surface area contributed by atoms with Crippen LogP contribution in [-0.4, -0.2) is 21.9 Å². The minimum Gasteiger partial charge on any atom is -0.478 e. The standard InChI is InChI=1S/C15H11ClN2O5/c1-8-6-9(2-5-13(8)18(22)23)14(19)17-10-3-4-11(15(20)21)12(16)7-10/h2-7H,1H3,(H,17,19)(H,20,21). The number of carboxylic acid groups (broad SMARTS) is 1. The molecule has 0 aliphatic rings. The van der Waals surface area contributed by atoms with Gasteiger partial charge in [-0.1, -0.05) is 11.6 Å². The zero-order valence-electron chi connectivity index (χ0n) is 11.9. The van der Waals surface area contributed by atoms with Crippen molar-refractivity contribution in [3.8, 4) is 0 Å². The summed E-state index contributed by atoms with van der Waals surface area (Å²) in [5.74, 6) is -1.65. The Hall–Kier alpha value is -2.93. The van der Waals surface area contributed by atoms with E-state index in [4.69, 9.17) is 16.7 Å². The quantitative estimate of drug-likeness (QED) is 0.656.